The highest BCUT2D eigenvalue weighted by Gasteiger charge is 2.24. The van der Waals surface area contributed by atoms with E-state index in [1.54, 1.807) is 11.8 Å². The van der Waals surface area contributed by atoms with Crippen LogP contribution in [0.2, 0.25) is 0 Å². The summed E-state index contributed by atoms with van der Waals surface area (Å²) in [6.07, 6.45) is 4.28. The molecule has 0 bridgehead atoms. The summed E-state index contributed by atoms with van der Waals surface area (Å²) in [4.78, 5) is 15.8. The summed E-state index contributed by atoms with van der Waals surface area (Å²) < 4.78 is 0. The molecule has 1 aliphatic rings. The van der Waals surface area contributed by atoms with Crippen molar-refractivity contribution in [2.24, 2.45) is 0 Å². The molecule has 3 nitrogen and oxygen atoms in total. The zero-order chi connectivity index (χ0) is 13.8. The van der Waals surface area contributed by atoms with E-state index in [1.807, 2.05) is 37.3 Å². The minimum atomic E-state index is 0.174. The Morgan fingerprint density at radius 1 is 1.47 bits per heavy atom. The third-order valence-corrected chi connectivity index (χ3v) is 4.52. The molecule has 0 aromatic heterocycles. The number of nitrogens with one attached hydrogen (secondary N) is 1. The van der Waals surface area contributed by atoms with Crippen LogP contribution in [0.4, 0.5) is 0 Å². The van der Waals surface area contributed by atoms with Gasteiger partial charge in [-0.2, -0.15) is 0 Å². The van der Waals surface area contributed by atoms with Crippen molar-refractivity contribution in [2.45, 2.75) is 30.7 Å². The SMILES string of the molecule is CNC1CCCN(C(=O)c2cc(SC)ccc2C)C1. The maximum atomic E-state index is 12.6. The second-order valence-corrected chi connectivity index (χ2v) is 5.94. The molecule has 1 N–H and O–H groups in total. The Bertz CT molecular complexity index is 461. The number of hydrogen-bond acceptors (Lipinski definition) is 3. The lowest BCUT2D eigenvalue weighted by Gasteiger charge is -2.33. The van der Waals surface area contributed by atoms with Gasteiger partial charge in [-0.15, -0.1) is 11.8 Å². The molecule has 1 fully saturated rings. The first kappa shape index (κ1) is 14.4. The monoisotopic (exact) mass is 278 g/mol. The van der Waals surface area contributed by atoms with Crippen LogP contribution in [-0.2, 0) is 0 Å². The quantitative estimate of drug-likeness (QED) is 0.862. The number of amides is 1. The first-order valence-corrected chi connectivity index (χ1v) is 7.99. The van der Waals surface area contributed by atoms with Gasteiger partial charge in [-0.05, 0) is 50.8 Å². The van der Waals surface area contributed by atoms with Crippen LogP contribution in [-0.4, -0.2) is 43.2 Å². The van der Waals surface area contributed by atoms with Gasteiger partial charge in [-0.25, -0.2) is 0 Å². The summed E-state index contributed by atoms with van der Waals surface area (Å²) in [7, 11) is 1.97. The number of benzene rings is 1. The molecule has 1 unspecified atom stereocenters. The van der Waals surface area contributed by atoms with Crippen molar-refractivity contribution < 1.29 is 4.79 Å². The lowest BCUT2D eigenvalue weighted by atomic mass is 10.0. The van der Waals surface area contributed by atoms with Gasteiger partial charge in [0.05, 0.1) is 0 Å². The maximum Gasteiger partial charge on any atom is 0.254 e. The van der Waals surface area contributed by atoms with Crippen LogP contribution in [0, 0.1) is 6.92 Å². The molecule has 1 amide bonds. The second-order valence-electron chi connectivity index (χ2n) is 5.06. The van der Waals surface area contributed by atoms with Crippen LogP contribution in [0.5, 0.6) is 0 Å². The topological polar surface area (TPSA) is 32.3 Å². The van der Waals surface area contributed by atoms with Gasteiger partial charge >= 0.3 is 0 Å². The standard InChI is InChI=1S/C15H22N2OS/c1-11-6-7-13(19-3)9-14(11)15(18)17-8-4-5-12(10-17)16-2/h6-7,9,12,16H,4-5,8,10H2,1-3H3. The average Bonchev–Trinajstić information content (AvgIpc) is 2.47. The number of nitrogens with zero attached hydrogens (tertiary/aromatic N) is 1. The van der Waals surface area contributed by atoms with Crippen molar-refractivity contribution in [1.29, 1.82) is 0 Å². The third-order valence-electron chi connectivity index (χ3n) is 3.79. The summed E-state index contributed by atoms with van der Waals surface area (Å²) in [5.41, 5.74) is 1.91. The minimum absolute atomic E-state index is 0.174. The van der Waals surface area contributed by atoms with Crippen molar-refractivity contribution in [3.8, 4) is 0 Å². The summed E-state index contributed by atoms with van der Waals surface area (Å²) in [5, 5.41) is 3.28. The molecule has 1 aromatic rings. The first-order valence-electron chi connectivity index (χ1n) is 6.77. The Kier molecular flexibility index (Phi) is 4.88. The molecule has 1 saturated heterocycles. The van der Waals surface area contributed by atoms with Gasteiger partial charge in [-0.3, -0.25) is 4.79 Å². The van der Waals surface area contributed by atoms with Crippen molar-refractivity contribution in [1.82, 2.24) is 10.2 Å². The molecule has 104 valence electrons. The summed E-state index contributed by atoms with van der Waals surface area (Å²) in [6, 6.07) is 6.56. The second kappa shape index (κ2) is 6.44. The molecule has 1 aliphatic heterocycles. The molecule has 1 heterocycles. The maximum absolute atomic E-state index is 12.6. The van der Waals surface area contributed by atoms with Crippen LogP contribution in [0.3, 0.4) is 0 Å². The van der Waals surface area contributed by atoms with E-state index in [-0.39, 0.29) is 5.91 Å². The Morgan fingerprint density at radius 2 is 2.26 bits per heavy atom. The Hall–Kier alpha value is -1.00. The number of rotatable bonds is 3. The predicted molar refractivity (Wildman–Crippen MR) is 80.9 cm³/mol. The van der Waals surface area contributed by atoms with E-state index in [0.717, 1.165) is 42.0 Å². The van der Waals surface area contributed by atoms with E-state index in [0.29, 0.717) is 6.04 Å². The normalized spacial score (nSPS) is 19.5. The summed E-state index contributed by atoms with van der Waals surface area (Å²) in [6.45, 7) is 3.70. The fourth-order valence-electron chi connectivity index (χ4n) is 2.53. The van der Waals surface area contributed by atoms with Gasteiger partial charge in [0, 0.05) is 29.6 Å². The zero-order valence-electron chi connectivity index (χ0n) is 11.9. The number of likely N-dealkylation sites (tertiary alicyclic amines) is 1. The van der Waals surface area contributed by atoms with Crippen molar-refractivity contribution >= 4 is 17.7 Å². The van der Waals surface area contributed by atoms with Gasteiger partial charge in [-0.1, -0.05) is 6.07 Å². The molecule has 0 spiro atoms. The average molecular weight is 278 g/mol. The summed E-state index contributed by atoms with van der Waals surface area (Å²) >= 11 is 1.68. The number of thioether (sulfide) groups is 1. The molecular formula is C15H22N2OS. The predicted octanol–water partition coefficient (Wildman–Crippen LogP) is 2.54. The van der Waals surface area contributed by atoms with E-state index >= 15 is 0 Å². The van der Waals surface area contributed by atoms with E-state index in [4.69, 9.17) is 0 Å². The molecule has 4 heteroatoms. The number of carbonyl (C=O) groups is 1. The Morgan fingerprint density at radius 3 is 2.95 bits per heavy atom. The number of hydrogen-bond donors (Lipinski definition) is 1. The lowest BCUT2D eigenvalue weighted by Crippen LogP contribution is -2.47. The van der Waals surface area contributed by atoms with Crippen molar-refractivity contribution in [3.63, 3.8) is 0 Å². The highest BCUT2D eigenvalue weighted by atomic mass is 32.2. The first-order chi connectivity index (χ1) is 9.15. The third kappa shape index (κ3) is 3.31. The van der Waals surface area contributed by atoms with Gasteiger partial charge in [0.2, 0.25) is 0 Å². The molecule has 1 atom stereocenters. The largest absolute Gasteiger partial charge is 0.337 e. The van der Waals surface area contributed by atoms with Crippen LogP contribution in [0.25, 0.3) is 0 Å². The summed E-state index contributed by atoms with van der Waals surface area (Å²) in [5.74, 6) is 0.174. The van der Waals surface area contributed by atoms with Crippen LogP contribution >= 0.6 is 11.8 Å². The number of carbonyl (C=O) groups excluding carboxylic acids is 1. The van der Waals surface area contributed by atoms with E-state index < -0.39 is 0 Å². The Balaban J connectivity index is 2.18. The van der Waals surface area contributed by atoms with Crippen LogP contribution < -0.4 is 5.32 Å². The molecule has 19 heavy (non-hydrogen) atoms. The Labute approximate surface area is 119 Å². The van der Waals surface area contributed by atoms with Crippen LogP contribution in [0.15, 0.2) is 23.1 Å². The highest BCUT2D eigenvalue weighted by Crippen LogP contribution is 2.21. The fourth-order valence-corrected chi connectivity index (χ4v) is 2.97. The fraction of sp³-hybridized carbons (Fsp3) is 0.533. The molecule has 1 aromatic carbocycles. The van der Waals surface area contributed by atoms with Gasteiger partial charge in [0.1, 0.15) is 0 Å². The minimum Gasteiger partial charge on any atom is -0.337 e. The molecular weight excluding hydrogens is 256 g/mol. The number of likely N-dealkylation sites (N-methyl/N-ethyl adjacent to an activating group) is 1. The highest BCUT2D eigenvalue weighted by molar-refractivity contribution is 7.98. The van der Waals surface area contributed by atoms with Crippen molar-refractivity contribution in [2.75, 3.05) is 26.4 Å². The van der Waals surface area contributed by atoms with Crippen molar-refractivity contribution in [3.05, 3.63) is 29.3 Å². The van der Waals surface area contributed by atoms with Gasteiger partial charge in [0.15, 0.2) is 0 Å². The molecule has 0 saturated carbocycles. The molecule has 0 aliphatic carbocycles. The molecule has 2 rings (SSSR count). The smallest absolute Gasteiger partial charge is 0.254 e. The van der Waals surface area contributed by atoms with E-state index in [9.17, 15) is 4.79 Å². The zero-order valence-corrected chi connectivity index (χ0v) is 12.7. The number of aryl methyl sites for hydroxylation is 1. The van der Waals surface area contributed by atoms with Gasteiger partial charge < -0.3 is 10.2 Å². The number of piperidine rings is 1. The van der Waals surface area contributed by atoms with E-state index in [2.05, 4.69) is 11.4 Å². The lowest BCUT2D eigenvalue weighted by molar-refractivity contribution is 0.0697. The van der Waals surface area contributed by atoms with Gasteiger partial charge in [0.25, 0.3) is 5.91 Å². The van der Waals surface area contributed by atoms with E-state index in [1.165, 1.54) is 0 Å². The van der Waals surface area contributed by atoms with Crippen LogP contribution in [0.1, 0.15) is 28.8 Å². The molecule has 0 radical (unpaired) electrons.